The van der Waals surface area contributed by atoms with E-state index in [1.165, 1.54) is 0 Å². The van der Waals surface area contributed by atoms with Crippen molar-refractivity contribution in [2.45, 2.75) is 5.16 Å². The summed E-state index contributed by atoms with van der Waals surface area (Å²) in [7, 11) is -1.73. The smallest absolute Gasteiger partial charge is 0.161 e. The number of methoxy groups -OCH3 is 1. The number of benzene rings is 5. The molecule has 0 aliphatic heterocycles. The predicted octanol–water partition coefficient (Wildman–Crippen LogP) is 7.00. The minimum atomic E-state index is -3.40. The van der Waals surface area contributed by atoms with Crippen LogP contribution in [0.1, 0.15) is 16.7 Å². The van der Waals surface area contributed by atoms with Gasteiger partial charge in [0.05, 0.1) is 7.11 Å². The van der Waals surface area contributed by atoms with E-state index in [2.05, 4.69) is 36.4 Å². The summed E-state index contributed by atoms with van der Waals surface area (Å²) in [4.78, 5) is 0. The summed E-state index contributed by atoms with van der Waals surface area (Å²) in [6.45, 7) is 0. The lowest BCUT2D eigenvalue weighted by Crippen LogP contribution is -2.38. The molecule has 0 saturated heterocycles. The highest BCUT2D eigenvalue weighted by Gasteiger charge is 2.53. The minimum Gasteiger partial charge on any atom is -0.497 e. The Labute approximate surface area is 207 Å². The quantitative estimate of drug-likeness (QED) is 0.188. The highest BCUT2D eigenvalue weighted by atomic mass is 31.2. The Bertz CT molecular complexity index is 1330. The first-order chi connectivity index (χ1) is 17.2. The van der Waals surface area contributed by atoms with E-state index in [-0.39, 0.29) is 0 Å². The average molecular weight is 475 g/mol. The third kappa shape index (κ3) is 3.81. The molecule has 5 rings (SSSR count). The summed E-state index contributed by atoms with van der Waals surface area (Å²) in [6, 6.07) is 48.3. The zero-order valence-electron chi connectivity index (χ0n) is 19.6. The molecule has 0 bridgehead atoms. The average Bonchev–Trinajstić information content (AvgIpc) is 2.96. The number of hydrogen-bond donors (Lipinski definition) is 0. The van der Waals surface area contributed by atoms with Gasteiger partial charge >= 0.3 is 0 Å². The second-order valence-electron chi connectivity index (χ2n) is 8.45. The van der Waals surface area contributed by atoms with Crippen LogP contribution in [0.15, 0.2) is 146 Å². The van der Waals surface area contributed by atoms with Crippen LogP contribution in [0.3, 0.4) is 0 Å². The molecule has 0 aliphatic rings. The van der Waals surface area contributed by atoms with Crippen LogP contribution in [0.5, 0.6) is 5.75 Å². The Balaban J connectivity index is 2.00. The second-order valence-corrected chi connectivity index (χ2v) is 11.4. The fraction of sp³-hybridized carbons (Fsp3) is 0.0625. The largest absolute Gasteiger partial charge is 0.497 e. The van der Waals surface area contributed by atoms with Crippen LogP contribution >= 0.6 is 7.14 Å². The first kappa shape index (κ1) is 22.9. The molecule has 35 heavy (non-hydrogen) atoms. The Morgan fingerprint density at radius 2 is 0.829 bits per heavy atom. The third-order valence-corrected chi connectivity index (χ3v) is 10.4. The van der Waals surface area contributed by atoms with Crippen LogP contribution < -0.4 is 15.3 Å². The molecule has 0 atom stereocenters. The van der Waals surface area contributed by atoms with Gasteiger partial charge in [-0.1, -0.05) is 133 Å². The lowest BCUT2D eigenvalue weighted by Gasteiger charge is -2.43. The van der Waals surface area contributed by atoms with Crippen molar-refractivity contribution in [2.24, 2.45) is 0 Å². The van der Waals surface area contributed by atoms with E-state index in [4.69, 9.17) is 4.74 Å². The molecule has 0 spiro atoms. The molecule has 0 unspecified atom stereocenters. The number of hydrogen-bond acceptors (Lipinski definition) is 2. The number of ether oxygens (including phenoxy) is 1. The molecule has 0 aromatic heterocycles. The zero-order chi connectivity index (χ0) is 24.1. The zero-order valence-corrected chi connectivity index (χ0v) is 20.5. The maximum Gasteiger partial charge on any atom is 0.161 e. The highest BCUT2D eigenvalue weighted by molar-refractivity contribution is 7.80. The third-order valence-electron chi connectivity index (χ3n) is 6.60. The summed E-state index contributed by atoms with van der Waals surface area (Å²) in [5, 5.41) is 0.661. The molecule has 0 amide bonds. The molecule has 5 aromatic carbocycles. The van der Waals surface area contributed by atoms with Gasteiger partial charge in [-0.25, -0.2) is 0 Å². The van der Waals surface area contributed by atoms with E-state index in [0.29, 0.717) is 0 Å². The van der Waals surface area contributed by atoms with Crippen LogP contribution in [0.25, 0.3) is 0 Å². The van der Waals surface area contributed by atoms with Crippen molar-refractivity contribution >= 4 is 17.8 Å². The normalized spacial score (nSPS) is 11.7. The van der Waals surface area contributed by atoms with Gasteiger partial charge in [-0.15, -0.1) is 0 Å². The Hall–Kier alpha value is -3.87. The molecule has 2 nitrogen and oxygen atoms in total. The van der Waals surface area contributed by atoms with Gasteiger partial charge in [0, 0.05) is 10.6 Å². The van der Waals surface area contributed by atoms with Gasteiger partial charge in [0.25, 0.3) is 0 Å². The van der Waals surface area contributed by atoms with Crippen molar-refractivity contribution in [2.75, 3.05) is 7.11 Å². The van der Waals surface area contributed by atoms with Crippen LogP contribution in [0.4, 0.5) is 0 Å². The summed E-state index contributed by atoms with van der Waals surface area (Å²) in [5.74, 6) is 0.762. The molecular weight excluding hydrogens is 447 g/mol. The fourth-order valence-electron chi connectivity index (χ4n) is 5.05. The van der Waals surface area contributed by atoms with Crippen LogP contribution in [-0.4, -0.2) is 7.11 Å². The van der Waals surface area contributed by atoms with Crippen molar-refractivity contribution < 1.29 is 9.30 Å². The summed E-state index contributed by atoms with van der Waals surface area (Å²) >= 11 is 0. The Morgan fingerprint density at radius 1 is 0.486 bits per heavy atom. The number of rotatable bonds is 7. The monoisotopic (exact) mass is 474 g/mol. The van der Waals surface area contributed by atoms with Crippen molar-refractivity contribution in [1.29, 1.82) is 0 Å². The minimum absolute atomic E-state index is 0.762. The van der Waals surface area contributed by atoms with E-state index in [1.807, 2.05) is 109 Å². The standard InChI is InChI=1S/C32H27O2P/c1-34-29-24-22-28(23-25-29)32(26-14-6-2-7-15-26,27-16-8-3-9-17-27)35(33,30-18-10-4-11-19-30)31-20-12-5-13-21-31/h2-25H,1H3. The molecule has 0 heterocycles. The van der Waals surface area contributed by atoms with Gasteiger partial charge in [0.2, 0.25) is 0 Å². The van der Waals surface area contributed by atoms with E-state index in [0.717, 1.165) is 33.0 Å². The summed E-state index contributed by atoms with van der Waals surface area (Å²) < 4.78 is 21.6. The molecule has 0 saturated carbocycles. The molecule has 0 N–H and O–H groups in total. The van der Waals surface area contributed by atoms with Crippen molar-refractivity contribution in [3.8, 4) is 5.75 Å². The van der Waals surface area contributed by atoms with Gasteiger partial charge in [-0.2, -0.15) is 0 Å². The summed E-state index contributed by atoms with van der Waals surface area (Å²) in [6.07, 6.45) is 0. The van der Waals surface area contributed by atoms with Crippen molar-refractivity contribution in [3.05, 3.63) is 162 Å². The molecular formula is C32H27O2P. The van der Waals surface area contributed by atoms with E-state index in [9.17, 15) is 0 Å². The van der Waals surface area contributed by atoms with Crippen molar-refractivity contribution in [3.63, 3.8) is 0 Å². The molecule has 3 heteroatoms. The first-order valence-corrected chi connectivity index (χ1v) is 13.4. The second kappa shape index (κ2) is 9.78. The first-order valence-electron chi connectivity index (χ1n) is 11.7. The Kier molecular flexibility index (Phi) is 6.40. The molecule has 0 radical (unpaired) electrons. The molecule has 5 aromatic rings. The van der Waals surface area contributed by atoms with Gasteiger partial charge < -0.3 is 9.30 Å². The molecule has 0 aliphatic carbocycles. The SMILES string of the molecule is COc1ccc(C(c2ccccc2)(c2ccccc2)P(=O)(c2ccccc2)c2ccccc2)cc1. The maximum absolute atomic E-state index is 16.2. The molecule has 172 valence electrons. The fourth-order valence-corrected chi connectivity index (χ4v) is 8.84. The van der Waals surface area contributed by atoms with Gasteiger partial charge in [-0.3, -0.25) is 0 Å². The maximum atomic E-state index is 16.2. The lowest BCUT2D eigenvalue weighted by atomic mass is 9.84. The van der Waals surface area contributed by atoms with E-state index < -0.39 is 12.3 Å². The van der Waals surface area contributed by atoms with Crippen LogP contribution in [0, 0.1) is 0 Å². The highest BCUT2D eigenvalue weighted by Crippen LogP contribution is 2.67. The van der Waals surface area contributed by atoms with Crippen molar-refractivity contribution in [1.82, 2.24) is 0 Å². The Morgan fingerprint density at radius 3 is 1.20 bits per heavy atom. The predicted molar refractivity (Wildman–Crippen MR) is 146 cm³/mol. The van der Waals surface area contributed by atoms with E-state index in [1.54, 1.807) is 7.11 Å². The van der Waals surface area contributed by atoms with Gasteiger partial charge in [-0.05, 0) is 28.8 Å². The molecule has 0 fully saturated rings. The van der Waals surface area contributed by atoms with Crippen LogP contribution in [-0.2, 0) is 9.72 Å². The van der Waals surface area contributed by atoms with Gasteiger partial charge in [0.15, 0.2) is 7.14 Å². The lowest BCUT2D eigenvalue weighted by molar-refractivity contribution is 0.414. The van der Waals surface area contributed by atoms with E-state index >= 15 is 4.57 Å². The van der Waals surface area contributed by atoms with Gasteiger partial charge in [0.1, 0.15) is 10.9 Å². The summed E-state index contributed by atoms with van der Waals surface area (Å²) in [5.41, 5.74) is 2.91. The van der Waals surface area contributed by atoms with Crippen LogP contribution in [0.2, 0.25) is 0 Å². The topological polar surface area (TPSA) is 26.3 Å².